The quantitative estimate of drug-likeness (QED) is 0.168. The Hall–Kier alpha value is -2.46. The van der Waals surface area contributed by atoms with E-state index in [2.05, 4.69) is 4.98 Å². The summed E-state index contributed by atoms with van der Waals surface area (Å²) in [5.74, 6) is -0.313. The zero-order chi connectivity index (χ0) is 17.1. The second kappa shape index (κ2) is 6.97. The average molecular weight is 385 g/mol. The second-order valence-electron chi connectivity index (χ2n) is 5.13. The van der Waals surface area contributed by atoms with Gasteiger partial charge in [-0.05, 0) is 0 Å². The van der Waals surface area contributed by atoms with Gasteiger partial charge in [0.1, 0.15) is 0 Å². The molecule has 0 spiro atoms. The van der Waals surface area contributed by atoms with Crippen molar-refractivity contribution in [1.29, 1.82) is 0 Å². The Bertz CT molecular complexity index is 942. The van der Waals surface area contributed by atoms with Crippen LogP contribution in [-0.2, 0) is 9.53 Å². The van der Waals surface area contributed by atoms with Crippen molar-refractivity contribution in [2.45, 2.75) is 12.1 Å². The Morgan fingerprint density at radius 3 is 2.71 bits per heavy atom. The fourth-order valence-corrected chi connectivity index (χ4v) is 4.98. The fourth-order valence-electron chi connectivity index (χ4n) is 2.56. The van der Waals surface area contributed by atoms with E-state index in [0.29, 0.717) is 22.7 Å². The number of rotatable bonds is 5. The SMILES string of the molecule is CC(=O)OCC[As]c1c2ccccc2nc2cccc([N+](=O)[O-])c12. The molecule has 0 atom stereocenters. The van der Waals surface area contributed by atoms with Gasteiger partial charge in [0.15, 0.2) is 0 Å². The molecule has 0 aliphatic carbocycles. The van der Waals surface area contributed by atoms with Crippen LogP contribution >= 0.6 is 0 Å². The number of aromatic nitrogens is 1. The van der Waals surface area contributed by atoms with Gasteiger partial charge in [0, 0.05) is 0 Å². The number of carbonyl (C=O) groups is 1. The van der Waals surface area contributed by atoms with Crippen molar-refractivity contribution in [3.05, 3.63) is 52.6 Å². The molecule has 7 heteroatoms. The van der Waals surface area contributed by atoms with Crippen molar-refractivity contribution in [2.24, 2.45) is 0 Å². The first-order valence-electron chi connectivity index (χ1n) is 7.34. The van der Waals surface area contributed by atoms with Crippen LogP contribution in [0.25, 0.3) is 21.8 Å². The number of pyridine rings is 1. The Kier molecular flexibility index (Phi) is 4.76. The van der Waals surface area contributed by atoms with E-state index in [4.69, 9.17) is 4.74 Å². The molecule has 1 heterocycles. The van der Waals surface area contributed by atoms with Crippen molar-refractivity contribution in [3.63, 3.8) is 0 Å². The van der Waals surface area contributed by atoms with Crippen LogP contribution in [0.5, 0.6) is 0 Å². The molecule has 0 saturated heterocycles. The molecule has 0 bridgehead atoms. The summed E-state index contributed by atoms with van der Waals surface area (Å²) >= 11 is -0.405. The van der Waals surface area contributed by atoms with Gasteiger partial charge in [-0.15, -0.1) is 0 Å². The molecule has 121 valence electrons. The summed E-state index contributed by atoms with van der Waals surface area (Å²) in [5.41, 5.74) is 1.52. The monoisotopic (exact) mass is 385 g/mol. The van der Waals surface area contributed by atoms with Gasteiger partial charge < -0.3 is 0 Å². The van der Waals surface area contributed by atoms with E-state index < -0.39 is 15.8 Å². The van der Waals surface area contributed by atoms with Crippen molar-refractivity contribution in [1.82, 2.24) is 4.98 Å². The van der Waals surface area contributed by atoms with Crippen molar-refractivity contribution < 1.29 is 14.5 Å². The molecule has 0 amide bonds. The maximum absolute atomic E-state index is 11.4. The first-order chi connectivity index (χ1) is 11.6. The Morgan fingerprint density at radius 1 is 1.21 bits per heavy atom. The van der Waals surface area contributed by atoms with Crippen LogP contribution in [0.4, 0.5) is 5.69 Å². The molecule has 3 rings (SSSR count). The number of hydrogen-bond acceptors (Lipinski definition) is 5. The number of fused-ring (bicyclic) bond motifs is 2. The summed E-state index contributed by atoms with van der Waals surface area (Å²) in [4.78, 5) is 26.6. The predicted octanol–water partition coefficient (Wildman–Crippen LogP) is 2.61. The van der Waals surface area contributed by atoms with Crippen molar-refractivity contribution >= 4 is 53.6 Å². The number of para-hydroxylation sites is 1. The van der Waals surface area contributed by atoms with E-state index in [1.54, 1.807) is 12.1 Å². The van der Waals surface area contributed by atoms with E-state index >= 15 is 0 Å². The summed E-state index contributed by atoms with van der Waals surface area (Å²) in [6.07, 6.45) is 0. The molecular weight excluding hydrogens is 371 g/mol. The summed E-state index contributed by atoms with van der Waals surface area (Å²) < 4.78 is 5.96. The Balaban J connectivity index is 2.16. The molecule has 3 aromatic rings. The fraction of sp³-hybridized carbons (Fsp3) is 0.176. The van der Waals surface area contributed by atoms with Crippen LogP contribution in [0.3, 0.4) is 0 Å². The summed E-state index contributed by atoms with van der Waals surface area (Å²) in [6.45, 7) is 1.70. The average Bonchev–Trinajstić information content (AvgIpc) is 2.56. The predicted molar refractivity (Wildman–Crippen MR) is 92.7 cm³/mol. The minimum atomic E-state index is -0.405. The molecule has 0 aliphatic rings. The van der Waals surface area contributed by atoms with Crippen LogP contribution in [0.15, 0.2) is 42.5 Å². The molecule has 0 unspecified atom stereocenters. The zero-order valence-corrected chi connectivity index (χ0v) is 14.8. The summed E-state index contributed by atoms with van der Waals surface area (Å²) in [7, 11) is 0. The van der Waals surface area contributed by atoms with Crippen LogP contribution in [-0.4, -0.2) is 38.2 Å². The van der Waals surface area contributed by atoms with E-state index in [9.17, 15) is 14.9 Å². The molecule has 24 heavy (non-hydrogen) atoms. The van der Waals surface area contributed by atoms with E-state index in [1.165, 1.54) is 13.0 Å². The van der Waals surface area contributed by atoms with E-state index in [1.807, 2.05) is 24.3 Å². The molecule has 6 nitrogen and oxygen atoms in total. The first kappa shape index (κ1) is 16.4. The van der Waals surface area contributed by atoms with E-state index in [-0.39, 0.29) is 16.6 Å². The number of benzene rings is 2. The van der Waals surface area contributed by atoms with Crippen molar-refractivity contribution in [2.75, 3.05) is 6.61 Å². The molecule has 0 fully saturated rings. The number of nitro groups is 1. The number of carbonyl (C=O) groups excluding carboxylic acids is 1. The third-order valence-electron chi connectivity index (χ3n) is 3.52. The Morgan fingerprint density at radius 2 is 1.96 bits per heavy atom. The number of ether oxygens (including phenoxy) is 1. The van der Waals surface area contributed by atoms with Gasteiger partial charge in [-0.3, -0.25) is 0 Å². The number of nitro benzene ring substituents is 1. The van der Waals surface area contributed by atoms with Gasteiger partial charge in [-0.1, -0.05) is 0 Å². The number of hydrogen-bond donors (Lipinski definition) is 0. The molecule has 2 aromatic carbocycles. The normalized spacial score (nSPS) is 11.4. The zero-order valence-electron chi connectivity index (χ0n) is 12.9. The topological polar surface area (TPSA) is 82.3 Å². The Labute approximate surface area is 144 Å². The van der Waals surface area contributed by atoms with Crippen LogP contribution in [0, 0.1) is 10.1 Å². The molecular formula is C17H14AsN2O4. The van der Waals surface area contributed by atoms with Gasteiger partial charge >= 0.3 is 144 Å². The second-order valence-corrected chi connectivity index (χ2v) is 7.67. The summed E-state index contributed by atoms with van der Waals surface area (Å²) in [5, 5.41) is 13.7. The van der Waals surface area contributed by atoms with Gasteiger partial charge in [0.05, 0.1) is 0 Å². The molecule has 1 radical (unpaired) electrons. The van der Waals surface area contributed by atoms with Gasteiger partial charge in [0.2, 0.25) is 0 Å². The maximum atomic E-state index is 11.4. The summed E-state index contributed by atoms with van der Waals surface area (Å²) in [6, 6.07) is 12.6. The standard InChI is InChI=1S/C17H14AsN2O4/c1-11(21)24-10-9-18-17-12-5-2-3-6-13(12)19-14-7-4-8-15(16(14)17)20(22)23/h2-8H,9-10H2,1H3. The van der Waals surface area contributed by atoms with Gasteiger partial charge in [-0.25, -0.2) is 0 Å². The molecule has 0 aliphatic heterocycles. The third-order valence-corrected chi connectivity index (χ3v) is 6.01. The van der Waals surface area contributed by atoms with Gasteiger partial charge in [0.25, 0.3) is 0 Å². The van der Waals surface area contributed by atoms with Crippen LogP contribution in [0.2, 0.25) is 5.21 Å². The minimum absolute atomic E-state index is 0.0727. The molecule has 0 N–H and O–H groups in total. The van der Waals surface area contributed by atoms with Crippen molar-refractivity contribution in [3.8, 4) is 0 Å². The number of nitrogens with zero attached hydrogens (tertiary/aromatic N) is 2. The van der Waals surface area contributed by atoms with E-state index in [0.717, 1.165) is 15.3 Å². The first-order valence-corrected chi connectivity index (χ1v) is 9.61. The van der Waals surface area contributed by atoms with Crippen LogP contribution in [0.1, 0.15) is 6.92 Å². The molecule has 0 saturated carbocycles. The third kappa shape index (κ3) is 3.24. The number of esters is 1. The van der Waals surface area contributed by atoms with Gasteiger partial charge in [-0.2, -0.15) is 0 Å². The number of non-ortho nitro benzene ring substituents is 1. The van der Waals surface area contributed by atoms with Crippen LogP contribution < -0.4 is 4.35 Å². The molecule has 1 aromatic heterocycles.